The van der Waals surface area contributed by atoms with Crippen LogP contribution in [0.5, 0.6) is 5.88 Å². The first-order valence-corrected chi connectivity index (χ1v) is 11.9. The maximum atomic E-state index is 13.9. The van der Waals surface area contributed by atoms with E-state index in [1.165, 1.54) is 29.6 Å². The molecule has 0 aliphatic carbocycles. The lowest BCUT2D eigenvalue weighted by molar-refractivity contribution is 0.0951. The van der Waals surface area contributed by atoms with Crippen molar-refractivity contribution in [3.05, 3.63) is 87.8 Å². The number of hydrogen-bond acceptors (Lipinski definition) is 5. The SMILES string of the molecule is COc1ccc(CNC(=O)c2ccc3c(c2)C(=O)C(Cc2ccc(Cl)c(F)c2)S(=O)N3C)cn1. The van der Waals surface area contributed by atoms with Gasteiger partial charge in [-0.25, -0.2) is 13.6 Å². The number of methoxy groups -OCH3 is 1. The fraction of sp³-hybridized carbons (Fsp3) is 0.208. The van der Waals surface area contributed by atoms with Crippen LogP contribution in [0.15, 0.2) is 54.7 Å². The fourth-order valence-electron chi connectivity index (χ4n) is 3.67. The Bertz CT molecular complexity index is 1290. The number of hydrogen-bond donors (Lipinski definition) is 1. The Morgan fingerprint density at radius 3 is 2.65 bits per heavy atom. The van der Waals surface area contributed by atoms with Gasteiger partial charge in [0, 0.05) is 37.0 Å². The summed E-state index contributed by atoms with van der Waals surface area (Å²) in [7, 11) is 1.47. The highest BCUT2D eigenvalue weighted by Gasteiger charge is 2.37. The summed E-state index contributed by atoms with van der Waals surface area (Å²) in [5.74, 6) is -0.860. The van der Waals surface area contributed by atoms with Crippen molar-refractivity contribution in [2.45, 2.75) is 18.2 Å². The summed E-state index contributed by atoms with van der Waals surface area (Å²) in [5.41, 5.74) is 2.35. The Morgan fingerprint density at radius 2 is 1.97 bits per heavy atom. The van der Waals surface area contributed by atoms with Gasteiger partial charge in [0.2, 0.25) is 5.88 Å². The zero-order valence-corrected chi connectivity index (χ0v) is 20.0. The lowest BCUT2D eigenvalue weighted by Gasteiger charge is -2.31. The van der Waals surface area contributed by atoms with E-state index in [9.17, 15) is 18.2 Å². The maximum absolute atomic E-state index is 13.9. The summed E-state index contributed by atoms with van der Waals surface area (Å²) < 4.78 is 33.4. The third-order valence-electron chi connectivity index (χ3n) is 5.53. The van der Waals surface area contributed by atoms with Crippen LogP contribution in [-0.2, 0) is 24.0 Å². The van der Waals surface area contributed by atoms with Crippen LogP contribution >= 0.6 is 11.6 Å². The summed E-state index contributed by atoms with van der Waals surface area (Å²) in [4.78, 5) is 30.1. The lowest BCUT2D eigenvalue weighted by Crippen LogP contribution is -2.42. The van der Waals surface area contributed by atoms with Gasteiger partial charge < -0.3 is 10.1 Å². The quantitative estimate of drug-likeness (QED) is 0.556. The third kappa shape index (κ3) is 4.80. The summed E-state index contributed by atoms with van der Waals surface area (Å²) in [6.45, 7) is 0.246. The molecule has 4 rings (SSSR count). The number of fused-ring (bicyclic) bond motifs is 1. The van der Waals surface area contributed by atoms with Crippen LogP contribution in [0.3, 0.4) is 0 Å². The number of Topliss-reactive ketones (excluding diaryl/α,β-unsaturated/α-hetero) is 1. The fourth-order valence-corrected chi connectivity index (χ4v) is 5.16. The van der Waals surface area contributed by atoms with Crippen LogP contribution in [0.1, 0.15) is 31.8 Å². The largest absolute Gasteiger partial charge is 0.481 e. The van der Waals surface area contributed by atoms with Gasteiger partial charge in [-0.15, -0.1) is 0 Å². The monoisotopic (exact) mass is 501 g/mol. The van der Waals surface area contributed by atoms with E-state index in [2.05, 4.69) is 10.3 Å². The van der Waals surface area contributed by atoms with E-state index >= 15 is 0 Å². The van der Waals surface area contributed by atoms with E-state index < -0.39 is 22.1 Å². The van der Waals surface area contributed by atoms with Crippen LogP contribution in [0.4, 0.5) is 10.1 Å². The van der Waals surface area contributed by atoms with Crippen LogP contribution < -0.4 is 14.4 Å². The highest BCUT2D eigenvalue weighted by molar-refractivity contribution is 7.88. The molecular formula is C24H21ClFN3O4S. The van der Waals surface area contributed by atoms with Crippen molar-refractivity contribution in [1.82, 2.24) is 10.3 Å². The standard InChI is InChI=1S/C24H21ClFN3O4S/c1-29-20-7-5-16(24(31)28-13-15-4-8-22(33-2)27-12-15)11-17(20)23(30)21(34(29)32)10-14-3-6-18(25)19(26)9-14/h3-9,11-12,21H,10,13H2,1-2H3,(H,28,31). The van der Waals surface area contributed by atoms with Gasteiger partial charge in [0.15, 0.2) is 5.78 Å². The van der Waals surface area contributed by atoms with Gasteiger partial charge >= 0.3 is 0 Å². The Hall–Kier alpha value is -3.30. The van der Waals surface area contributed by atoms with Crippen molar-refractivity contribution in [2.75, 3.05) is 18.5 Å². The van der Waals surface area contributed by atoms with Crippen molar-refractivity contribution >= 4 is 40.0 Å². The lowest BCUT2D eigenvalue weighted by atomic mass is 9.98. The number of pyridine rings is 1. The minimum atomic E-state index is -1.66. The molecule has 0 spiro atoms. The Kier molecular flexibility index (Phi) is 6.95. The van der Waals surface area contributed by atoms with E-state index in [4.69, 9.17) is 16.3 Å². The molecule has 7 nitrogen and oxygen atoms in total. The van der Waals surface area contributed by atoms with Crippen molar-refractivity contribution in [3.63, 3.8) is 0 Å². The number of carbonyl (C=O) groups excluding carboxylic acids is 2. The molecule has 0 saturated carbocycles. The maximum Gasteiger partial charge on any atom is 0.251 e. The van der Waals surface area contributed by atoms with E-state index in [1.807, 2.05) is 0 Å². The number of anilines is 1. The highest BCUT2D eigenvalue weighted by atomic mass is 35.5. The number of nitrogens with zero attached hydrogens (tertiary/aromatic N) is 2. The second-order valence-electron chi connectivity index (χ2n) is 7.70. The number of carbonyl (C=O) groups is 2. The summed E-state index contributed by atoms with van der Waals surface area (Å²) in [6, 6.07) is 12.4. The third-order valence-corrected chi connectivity index (χ3v) is 7.44. The molecule has 2 aromatic carbocycles. The van der Waals surface area contributed by atoms with Crippen LogP contribution in [0.2, 0.25) is 5.02 Å². The first kappa shape index (κ1) is 23.8. The van der Waals surface area contributed by atoms with Crippen molar-refractivity contribution in [3.8, 4) is 5.88 Å². The summed E-state index contributed by atoms with van der Waals surface area (Å²) >= 11 is 5.74. The molecule has 0 fully saturated rings. The molecule has 3 aromatic rings. The first-order chi connectivity index (χ1) is 16.3. The Balaban J connectivity index is 1.53. The van der Waals surface area contributed by atoms with Gasteiger partial charge in [-0.1, -0.05) is 23.7 Å². The molecule has 176 valence electrons. The molecule has 0 saturated heterocycles. The van der Waals surface area contributed by atoms with Crippen LogP contribution in [0, 0.1) is 5.82 Å². The van der Waals surface area contributed by atoms with E-state index in [0.29, 0.717) is 28.3 Å². The number of amides is 1. The molecule has 1 aromatic heterocycles. The van der Waals surface area contributed by atoms with Crippen LogP contribution in [-0.4, -0.2) is 40.3 Å². The predicted molar refractivity (Wildman–Crippen MR) is 128 cm³/mol. The number of halogens is 2. The normalized spacial score (nSPS) is 17.3. The molecule has 1 aliphatic heterocycles. The number of ketones is 1. The van der Waals surface area contributed by atoms with Gasteiger partial charge in [0.1, 0.15) is 22.1 Å². The molecule has 2 atom stereocenters. The number of benzene rings is 2. The second kappa shape index (κ2) is 9.90. The van der Waals surface area contributed by atoms with Gasteiger partial charge in [-0.05, 0) is 47.9 Å². The van der Waals surface area contributed by atoms with Gasteiger partial charge in [0.05, 0.1) is 17.8 Å². The highest BCUT2D eigenvalue weighted by Crippen LogP contribution is 2.32. The molecule has 1 N–H and O–H groups in total. The van der Waals surface area contributed by atoms with E-state index in [0.717, 1.165) is 5.56 Å². The molecule has 34 heavy (non-hydrogen) atoms. The number of nitrogens with one attached hydrogen (secondary N) is 1. The van der Waals surface area contributed by atoms with E-state index in [-0.39, 0.29) is 29.7 Å². The number of ether oxygens (including phenoxy) is 1. The number of aromatic nitrogens is 1. The van der Waals surface area contributed by atoms with Crippen LogP contribution in [0.25, 0.3) is 0 Å². The topological polar surface area (TPSA) is 88.6 Å². The van der Waals surface area contributed by atoms with Crippen molar-refractivity contribution in [1.29, 1.82) is 0 Å². The minimum Gasteiger partial charge on any atom is -0.481 e. The molecule has 2 unspecified atom stereocenters. The Morgan fingerprint density at radius 1 is 1.21 bits per heavy atom. The van der Waals surface area contributed by atoms with Crippen molar-refractivity contribution < 1.29 is 22.9 Å². The molecule has 0 radical (unpaired) electrons. The average molecular weight is 502 g/mol. The Labute approximate surface area is 203 Å². The number of rotatable bonds is 6. The summed E-state index contributed by atoms with van der Waals surface area (Å²) in [5, 5.41) is 1.86. The first-order valence-electron chi connectivity index (χ1n) is 10.3. The molecular weight excluding hydrogens is 481 g/mol. The zero-order valence-electron chi connectivity index (χ0n) is 18.4. The molecule has 1 aliphatic rings. The van der Waals surface area contributed by atoms with Gasteiger partial charge in [-0.2, -0.15) is 0 Å². The predicted octanol–water partition coefficient (Wildman–Crippen LogP) is 3.72. The molecule has 10 heteroatoms. The molecule has 1 amide bonds. The van der Waals surface area contributed by atoms with E-state index in [1.54, 1.807) is 43.6 Å². The molecule has 0 bridgehead atoms. The second-order valence-corrected chi connectivity index (χ2v) is 9.78. The van der Waals surface area contributed by atoms with Gasteiger partial charge in [-0.3, -0.25) is 13.9 Å². The zero-order chi connectivity index (χ0) is 24.4. The van der Waals surface area contributed by atoms with Gasteiger partial charge in [0.25, 0.3) is 5.91 Å². The average Bonchev–Trinajstić information content (AvgIpc) is 2.85. The smallest absolute Gasteiger partial charge is 0.251 e. The van der Waals surface area contributed by atoms with Crippen molar-refractivity contribution in [2.24, 2.45) is 0 Å². The molecule has 2 heterocycles. The minimum absolute atomic E-state index is 0.0246. The summed E-state index contributed by atoms with van der Waals surface area (Å²) in [6.07, 6.45) is 1.67.